The molecule has 0 saturated heterocycles. The van der Waals surface area contributed by atoms with Gasteiger partial charge >= 0.3 is 0 Å². The monoisotopic (exact) mass is 320 g/mol. The molecule has 6 heteroatoms. The summed E-state index contributed by atoms with van der Waals surface area (Å²) in [4.78, 5) is 8.12. The normalized spacial score (nSPS) is 10.2. The van der Waals surface area contributed by atoms with Crippen molar-refractivity contribution in [2.45, 2.75) is 6.92 Å². The van der Waals surface area contributed by atoms with Crippen LogP contribution in [0.3, 0.4) is 0 Å². The van der Waals surface area contributed by atoms with Crippen molar-refractivity contribution in [1.29, 1.82) is 5.26 Å². The minimum Gasteiger partial charge on any atom is -0.503 e. The molecule has 0 unspecified atom stereocenters. The summed E-state index contributed by atoms with van der Waals surface area (Å²) in [5.74, 6) is -0.546. The Morgan fingerprint density at radius 3 is 2.58 bits per heavy atom. The molecule has 0 saturated carbocycles. The fourth-order valence-electron chi connectivity index (χ4n) is 2.22. The van der Waals surface area contributed by atoms with Crippen LogP contribution >= 0.6 is 0 Å². The molecular formula is C18H13FN4O. The predicted molar refractivity (Wildman–Crippen MR) is 88.3 cm³/mol. The Labute approximate surface area is 138 Å². The van der Waals surface area contributed by atoms with Crippen molar-refractivity contribution in [2.75, 3.05) is 5.32 Å². The molecule has 1 aromatic heterocycles. The van der Waals surface area contributed by atoms with Gasteiger partial charge in [0.1, 0.15) is 23.9 Å². The molecule has 2 N–H and O–H groups in total. The molecule has 0 spiro atoms. The van der Waals surface area contributed by atoms with Crippen LogP contribution in [0.5, 0.6) is 5.75 Å². The van der Waals surface area contributed by atoms with Gasteiger partial charge in [-0.3, -0.25) is 0 Å². The van der Waals surface area contributed by atoms with Crippen molar-refractivity contribution >= 4 is 11.5 Å². The summed E-state index contributed by atoms with van der Waals surface area (Å²) in [5, 5.41) is 22.2. The molecule has 0 radical (unpaired) electrons. The lowest BCUT2D eigenvalue weighted by Gasteiger charge is -2.11. The second kappa shape index (κ2) is 6.34. The summed E-state index contributed by atoms with van der Waals surface area (Å²) >= 11 is 0. The first-order valence-corrected chi connectivity index (χ1v) is 7.16. The fraction of sp³-hybridized carbons (Fsp3) is 0.0556. The van der Waals surface area contributed by atoms with E-state index in [2.05, 4.69) is 15.3 Å². The number of hydrogen-bond donors (Lipinski definition) is 2. The largest absolute Gasteiger partial charge is 0.503 e. The fourth-order valence-corrected chi connectivity index (χ4v) is 2.22. The molecule has 0 bridgehead atoms. The predicted octanol–water partition coefficient (Wildman–Crippen LogP) is 3.91. The van der Waals surface area contributed by atoms with Gasteiger partial charge < -0.3 is 10.4 Å². The third-order valence-corrected chi connectivity index (χ3v) is 3.50. The van der Waals surface area contributed by atoms with E-state index in [4.69, 9.17) is 5.26 Å². The summed E-state index contributed by atoms with van der Waals surface area (Å²) in [6.45, 7) is 1.97. The Hall–Kier alpha value is -3.46. The number of aromatic hydroxyl groups is 1. The van der Waals surface area contributed by atoms with Crippen LogP contribution in [-0.2, 0) is 0 Å². The second-order valence-corrected chi connectivity index (χ2v) is 5.22. The van der Waals surface area contributed by atoms with Crippen molar-refractivity contribution in [3.63, 3.8) is 0 Å². The van der Waals surface area contributed by atoms with E-state index in [9.17, 15) is 9.50 Å². The average Bonchev–Trinajstić information content (AvgIpc) is 2.59. The average molecular weight is 320 g/mol. The summed E-state index contributed by atoms with van der Waals surface area (Å²) in [6, 6.07) is 13.3. The van der Waals surface area contributed by atoms with Gasteiger partial charge in [-0.15, -0.1) is 0 Å². The number of aromatic nitrogens is 2. The molecule has 2 aromatic carbocycles. The molecule has 118 valence electrons. The van der Waals surface area contributed by atoms with Crippen molar-refractivity contribution in [3.8, 4) is 23.1 Å². The number of benzene rings is 2. The van der Waals surface area contributed by atoms with Gasteiger partial charge in [0.25, 0.3) is 0 Å². The lowest BCUT2D eigenvalue weighted by Crippen LogP contribution is -1.98. The Bertz CT molecular complexity index is 933. The molecule has 1 heterocycles. The first-order valence-electron chi connectivity index (χ1n) is 7.16. The summed E-state index contributed by atoms with van der Waals surface area (Å²) in [5.41, 5.74) is 2.58. The minimum atomic E-state index is -0.602. The molecular weight excluding hydrogens is 307 g/mol. The van der Waals surface area contributed by atoms with Crippen LogP contribution in [0.4, 0.5) is 15.9 Å². The highest BCUT2D eigenvalue weighted by molar-refractivity contribution is 5.74. The molecule has 3 aromatic rings. The number of hydrogen-bond acceptors (Lipinski definition) is 5. The van der Waals surface area contributed by atoms with Gasteiger partial charge in [-0.25, -0.2) is 14.4 Å². The van der Waals surface area contributed by atoms with E-state index in [0.29, 0.717) is 11.4 Å². The standard InChI is InChI=1S/C18H13FN4O/c1-11-2-4-12(5-3-11)16-17(24)18(22-10-21-16)23-14-6-7-15(19)13(8-14)9-20/h2-8,10,24H,1H3,(H,21,22,23). The van der Waals surface area contributed by atoms with E-state index in [1.807, 2.05) is 31.2 Å². The third kappa shape index (κ3) is 3.01. The first kappa shape index (κ1) is 15.4. The Kier molecular flexibility index (Phi) is 4.08. The molecule has 5 nitrogen and oxygen atoms in total. The van der Waals surface area contributed by atoms with E-state index < -0.39 is 5.82 Å². The zero-order valence-corrected chi connectivity index (χ0v) is 12.8. The number of rotatable bonds is 3. The third-order valence-electron chi connectivity index (χ3n) is 3.50. The Balaban J connectivity index is 1.97. The number of nitrogens with zero attached hydrogens (tertiary/aromatic N) is 3. The zero-order valence-electron chi connectivity index (χ0n) is 12.8. The Morgan fingerprint density at radius 1 is 1.12 bits per heavy atom. The zero-order chi connectivity index (χ0) is 17.1. The molecule has 0 fully saturated rings. The van der Waals surface area contributed by atoms with Gasteiger partial charge in [0.05, 0.1) is 5.56 Å². The van der Waals surface area contributed by atoms with Crippen LogP contribution in [0.25, 0.3) is 11.3 Å². The highest BCUT2D eigenvalue weighted by atomic mass is 19.1. The van der Waals surface area contributed by atoms with Crippen molar-refractivity contribution < 1.29 is 9.50 Å². The number of nitriles is 1. The topological polar surface area (TPSA) is 81.8 Å². The van der Waals surface area contributed by atoms with Crippen LogP contribution < -0.4 is 5.32 Å². The van der Waals surface area contributed by atoms with Crippen LogP contribution in [-0.4, -0.2) is 15.1 Å². The van der Waals surface area contributed by atoms with E-state index in [1.165, 1.54) is 24.5 Å². The smallest absolute Gasteiger partial charge is 0.185 e. The van der Waals surface area contributed by atoms with E-state index >= 15 is 0 Å². The van der Waals surface area contributed by atoms with Gasteiger partial charge in [0, 0.05) is 11.3 Å². The summed E-state index contributed by atoms with van der Waals surface area (Å²) in [6.07, 6.45) is 1.33. The van der Waals surface area contributed by atoms with Crippen molar-refractivity contribution in [3.05, 3.63) is 65.7 Å². The van der Waals surface area contributed by atoms with E-state index in [-0.39, 0.29) is 17.1 Å². The number of anilines is 2. The molecule has 0 aliphatic rings. The first-order chi connectivity index (χ1) is 11.6. The van der Waals surface area contributed by atoms with Gasteiger partial charge in [-0.05, 0) is 25.1 Å². The lowest BCUT2D eigenvalue weighted by atomic mass is 10.1. The Morgan fingerprint density at radius 2 is 1.88 bits per heavy atom. The highest BCUT2D eigenvalue weighted by Gasteiger charge is 2.13. The van der Waals surface area contributed by atoms with Gasteiger partial charge in [-0.1, -0.05) is 29.8 Å². The minimum absolute atomic E-state index is 0.0905. The molecule has 0 aliphatic heterocycles. The van der Waals surface area contributed by atoms with Crippen LogP contribution in [0, 0.1) is 24.1 Å². The van der Waals surface area contributed by atoms with Gasteiger partial charge in [-0.2, -0.15) is 5.26 Å². The van der Waals surface area contributed by atoms with Crippen LogP contribution in [0.15, 0.2) is 48.8 Å². The molecule has 0 aliphatic carbocycles. The van der Waals surface area contributed by atoms with Gasteiger partial charge in [0.15, 0.2) is 11.6 Å². The maximum absolute atomic E-state index is 13.4. The SMILES string of the molecule is Cc1ccc(-c2ncnc(Nc3ccc(F)c(C#N)c3)c2O)cc1. The van der Waals surface area contributed by atoms with Gasteiger partial charge in [0.2, 0.25) is 0 Å². The molecule has 3 rings (SSSR count). The number of halogens is 1. The summed E-state index contributed by atoms with van der Waals surface area (Å²) in [7, 11) is 0. The second-order valence-electron chi connectivity index (χ2n) is 5.22. The van der Waals surface area contributed by atoms with E-state index in [0.717, 1.165) is 11.1 Å². The highest BCUT2D eigenvalue weighted by Crippen LogP contribution is 2.33. The summed E-state index contributed by atoms with van der Waals surface area (Å²) < 4.78 is 13.4. The van der Waals surface area contributed by atoms with E-state index in [1.54, 1.807) is 6.07 Å². The maximum Gasteiger partial charge on any atom is 0.185 e. The van der Waals surface area contributed by atoms with Crippen molar-refractivity contribution in [2.24, 2.45) is 0 Å². The van der Waals surface area contributed by atoms with Crippen molar-refractivity contribution in [1.82, 2.24) is 9.97 Å². The van der Waals surface area contributed by atoms with Crippen LogP contribution in [0.2, 0.25) is 0 Å². The quantitative estimate of drug-likeness (QED) is 0.764. The molecule has 0 atom stereocenters. The number of nitrogens with one attached hydrogen (secondary N) is 1. The number of aryl methyl sites for hydroxylation is 1. The molecule has 24 heavy (non-hydrogen) atoms. The lowest BCUT2D eigenvalue weighted by molar-refractivity contribution is 0.475. The van der Waals surface area contributed by atoms with Crippen LogP contribution in [0.1, 0.15) is 11.1 Å². The maximum atomic E-state index is 13.4. The molecule has 0 amide bonds.